The Labute approximate surface area is 105 Å². The molecule has 2 amide bonds. The van der Waals surface area contributed by atoms with Crippen molar-refractivity contribution in [3.63, 3.8) is 0 Å². The van der Waals surface area contributed by atoms with E-state index in [-0.39, 0.29) is 17.9 Å². The number of nitrogens with one attached hydrogen (secondary N) is 2. The maximum Gasteiger partial charge on any atom is 0.274 e. The molecule has 4 N–H and O–H groups in total. The highest BCUT2D eigenvalue weighted by atomic mass is 16.2. The molecule has 0 aliphatic carbocycles. The Morgan fingerprint density at radius 3 is 3.00 bits per heavy atom. The van der Waals surface area contributed by atoms with E-state index in [2.05, 4.69) is 15.5 Å². The van der Waals surface area contributed by atoms with Gasteiger partial charge in [0.05, 0.1) is 11.9 Å². The third-order valence-electron chi connectivity index (χ3n) is 3.00. The smallest absolute Gasteiger partial charge is 0.274 e. The van der Waals surface area contributed by atoms with Crippen LogP contribution in [0.4, 0.5) is 5.69 Å². The van der Waals surface area contributed by atoms with Crippen LogP contribution in [-0.4, -0.2) is 46.0 Å². The number of amides is 2. The molecule has 1 aliphatic heterocycles. The van der Waals surface area contributed by atoms with Crippen molar-refractivity contribution in [1.82, 2.24) is 20.4 Å². The molecule has 1 fully saturated rings. The van der Waals surface area contributed by atoms with E-state index >= 15 is 0 Å². The lowest BCUT2D eigenvalue weighted by atomic mass is 10.1. The number of aromatic amines is 1. The van der Waals surface area contributed by atoms with E-state index in [9.17, 15) is 9.59 Å². The van der Waals surface area contributed by atoms with Crippen LogP contribution >= 0.6 is 0 Å². The molecule has 0 spiro atoms. The van der Waals surface area contributed by atoms with Crippen LogP contribution < -0.4 is 11.1 Å². The SMILES string of the molecule is CC(=O)NC1CCCN(C(=O)c2[nH]ncc2N)C1. The van der Waals surface area contributed by atoms with Crippen LogP contribution in [0.2, 0.25) is 0 Å². The number of H-pyrrole nitrogens is 1. The molecule has 0 radical (unpaired) electrons. The highest BCUT2D eigenvalue weighted by Crippen LogP contribution is 2.15. The van der Waals surface area contributed by atoms with Crippen LogP contribution in [0.1, 0.15) is 30.3 Å². The van der Waals surface area contributed by atoms with Gasteiger partial charge in [0.25, 0.3) is 5.91 Å². The molecule has 1 aromatic rings. The van der Waals surface area contributed by atoms with Gasteiger partial charge in [0.2, 0.25) is 5.91 Å². The molecular weight excluding hydrogens is 234 g/mol. The van der Waals surface area contributed by atoms with E-state index in [1.807, 2.05) is 0 Å². The van der Waals surface area contributed by atoms with Gasteiger partial charge in [0, 0.05) is 26.1 Å². The Bertz CT molecular complexity index is 456. The van der Waals surface area contributed by atoms with E-state index in [4.69, 9.17) is 5.73 Å². The second-order valence-corrected chi connectivity index (χ2v) is 4.49. The van der Waals surface area contributed by atoms with Gasteiger partial charge >= 0.3 is 0 Å². The fourth-order valence-electron chi connectivity index (χ4n) is 2.19. The first-order chi connectivity index (χ1) is 8.58. The van der Waals surface area contributed by atoms with Crippen LogP contribution in [0, 0.1) is 0 Å². The molecule has 98 valence electrons. The standard InChI is InChI=1S/C11H17N5O2/c1-7(17)14-8-3-2-4-16(6-8)11(18)10-9(12)5-13-15-10/h5,8H,2-4,6,12H2,1H3,(H,13,15)(H,14,17). The lowest BCUT2D eigenvalue weighted by molar-refractivity contribution is -0.120. The monoisotopic (exact) mass is 251 g/mol. The zero-order chi connectivity index (χ0) is 13.1. The number of likely N-dealkylation sites (tertiary alicyclic amines) is 1. The van der Waals surface area contributed by atoms with Crippen molar-refractivity contribution in [2.24, 2.45) is 0 Å². The van der Waals surface area contributed by atoms with Crippen LogP contribution in [-0.2, 0) is 4.79 Å². The van der Waals surface area contributed by atoms with E-state index in [0.29, 0.717) is 24.5 Å². The third-order valence-corrected chi connectivity index (χ3v) is 3.00. The summed E-state index contributed by atoms with van der Waals surface area (Å²) >= 11 is 0. The van der Waals surface area contributed by atoms with E-state index in [1.165, 1.54) is 13.1 Å². The summed E-state index contributed by atoms with van der Waals surface area (Å²) in [7, 11) is 0. The van der Waals surface area contributed by atoms with Crippen molar-refractivity contribution >= 4 is 17.5 Å². The van der Waals surface area contributed by atoms with Crippen molar-refractivity contribution in [2.75, 3.05) is 18.8 Å². The molecule has 2 rings (SSSR count). The lowest BCUT2D eigenvalue weighted by Crippen LogP contribution is -2.49. The average Bonchev–Trinajstić information content (AvgIpc) is 2.74. The first kappa shape index (κ1) is 12.4. The lowest BCUT2D eigenvalue weighted by Gasteiger charge is -2.32. The Morgan fingerprint density at radius 2 is 2.39 bits per heavy atom. The Morgan fingerprint density at radius 1 is 1.61 bits per heavy atom. The minimum absolute atomic E-state index is 0.0179. The highest BCUT2D eigenvalue weighted by molar-refractivity contribution is 5.97. The molecule has 1 unspecified atom stereocenters. The minimum Gasteiger partial charge on any atom is -0.396 e. The molecule has 7 heteroatoms. The number of aromatic nitrogens is 2. The highest BCUT2D eigenvalue weighted by Gasteiger charge is 2.26. The van der Waals surface area contributed by atoms with Crippen molar-refractivity contribution in [3.05, 3.63) is 11.9 Å². The Balaban J connectivity index is 2.03. The number of carbonyl (C=O) groups excluding carboxylic acids is 2. The molecule has 2 heterocycles. The van der Waals surface area contributed by atoms with Gasteiger partial charge in [-0.05, 0) is 12.8 Å². The predicted molar refractivity (Wildman–Crippen MR) is 65.7 cm³/mol. The summed E-state index contributed by atoms with van der Waals surface area (Å²) in [4.78, 5) is 24.9. The zero-order valence-corrected chi connectivity index (χ0v) is 10.3. The van der Waals surface area contributed by atoms with Gasteiger partial charge in [-0.2, -0.15) is 5.10 Å². The first-order valence-corrected chi connectivity index (χ1v) is 5.93. The number of nitrogens with two attached hydrogens (primary N) is 1. The normalized spacial score (nSPS) is 19.6. The summed E-state index contributed by atoms with van der Waals surface area (Å²) in [5.41, 5.74) is 6.32. The summed E-state index contributed by atoms with van der Waals surface area (Å²) in [5, 5.41) is 9.18. The van der Waals surface area contributed by atoms with Crippen molar-refractivity contribution in [1.29, 1.82) is 0 Å². The number of piperidine rings is 1. The summed E-state index contributed by atoms with van der Waals surface area (Å²) in [6.45, 7) is 2.66. The summed E-state index contributed by atoms with van der Waals surface area (Å²) in [6.07, 6.45) is 3.18. The van der Waals surface area contributed by atoms with E-state index in [0.717, 1.165) is 12.8 Å². The van der Waals surface area contributed by atoms with Crippen LogP contribution in [0.5, 0.6) is 0 Å². The number of nitrogens with zero attached hydrogens (tertiary/aromatic N) is 2. The molecular formula is C11H17N5O2. The van der Waals surface area contributed by atoms with Crippen molar-refractivity contribution < 1.29 is 9.59 Å². The van der Waals surface area contributed by atoms with Crippen LogP contribution in [0.25, 0.3) is 0 Å². The van der Waals surface area contributed by atoms with Gasteiger partial charge in [0.1, 0.15) is 5.69 Å². The Hall–Kier alpha value is -2.05. The maximum absolute atomic E-state index is 12.2. The van der Waals surface area contributed by atoms with Crippen LogP contribution in [0.3, 0.4) is 0 Å². The summed E-state index contributed by atoms with van der Waals surface area (Å²) in [5.74, 6) is -0.240. The molecule has 1 saturated heterocycles. The molecule has 1 atom stereocenters. The number of hydrogen-bond donors (Lipinski definition) is 3. The second-order valence-electron chi connectivity index (χ2n) is 4.49. The first-order valence-electron chi connectivity index (χ1n) is 5.93. The van der Waals surface area contributed by atoms with Gasteiger partial charge in [-0.15, -0.1) is 0 Å². The fraction of sp³-hybridized carbons (Fsp3) is 0.545. The molecule has 0 bridgehead atoms. The number of nitrogen functional groups attached to an aromatic ring is 1. The summed E-state index contributed by atoms with van der Waals surface area (Å²) in [6, 6.07) is 0.0179. The van der Waals surface area contributed by atoms with Gasteiger partial charge in [-0.25, -0.2) is 0 Å². The quantitative estimate of drug-likeness (QED) is 0.673. The molecule has 18 heavy (non-hydrogen) atoms. The average molecular weight is 251 g/mol. The fourth-order valence-corrected chi connectivity index (χ4v) is 2.19. The third kappa shape index (κ3) is 2.61. The number of rotatable bonds is 2. The summed E-state index contributed by atoms with van der Waals surface area (Å²) < 4.78 is 0. The predicted octanol–water partition coefficient (Wildman–Crippen LogP) is -0.267. The van der Waals surface area contributed by atoms with Gasteiger partial charge in [-0.3, -0.25) is 14.7 Å². The Kier molecular flexibility index (Phi) is 3.50. The number of carbonyl (C=O) groups is 2. The second kappa shape index (κ2) is 5.07. The zero-order valence-electron chi connectivity index (χ0n) is 10.3. The van der Waals surface area contributed by atoms with Gasteiger partial charge in [-0.1, -0.05) is 0 Å². The molecule has 1 aromatic heterocycles. The molecule has 0 saturated carbocycles. The number of hydrogen-bond acceptors (Lipinski definition) is 4. The molecule has 1 aliphatic rings. The van der Waals surface area contributed by atoms with Gasteiger partial charge in [0.15, 0.2) is 0 Å². The van der Waals surface area contributed by atoms with Gasteiger partial charge < -0.3 is 16.0 Å². The largest absolute Gasteiger partial charge is 0.396 e. The van der Waals surface area contributed by atoms with Crippen molar-refractivity contribution in [3.8, 4) is 0 Å². The molecule has 7 nitrogen and oxygen atoms in total. The van der Waals surface area contributed by atoms with E-state index in [1.54, 1.807) is 4.90 Å². The minimum atomic E-state index is -0.167. The maximum atomic E-state index is 12.2. The molecule has 0 aromatic carbocycles. The van der Waals surface area contributed by atoms with Crippen LogP contribution in [0.15, 0.2) is 6.20 Å². The van der Waals surface area contributed by atoms with E-state index < -0.39 is 0 Å². The number of anilines is 1. The topological polar surface area (TPSA) is 104 Å². The van der Waals surface area contributed by atoms with Crippen molar-refractivity contribution in [2.45, 2.75) is 25.8 Å².